The van der Waals surface area contributed by atoms with E-state index < -0.39 is 0 Å². The summed E-state index contributed by atoms with van der Waals surface area (Å²) in [6, 6.07) is 0.582. The molecular weight excluding hydrogens is 152 g/mol. The lowest BCUT2D eigenvalue weighted by molar-refractivity contribution is -0.119. The van der Waals surface area contributed by atoms with Gasteiger partial charge in [-0.05, 0) is 25.9 Å². The average molecular weight is 170 g/mol. The summed E-state index contributed by atoms with van der Waals surface area (Å²) in [4.78, 5) is 13.1. The van der Waals surface area contributed by atoms with E-state index in [4.69, 9.17) is 0 Å². The third-order valence-electron chi connectivity index (χ3n) is 2.49. The Bertz CT molecular complexity index is 159. The van der Waals surface area contributed by atoms with E-state index in [2.05, 4.69) is 17.1 Å². The molecule has 1 N–H and O–H groups in total. The Balaban J connectivity index is 2.26. The molecule has 1 aliphatic rings. The molecule has 3 heteroatoms. The summed E-state index contributed by atoms with van der Waals surface area (Å²) in [5.74, 6) is 0.0814. The molecule has 0 bridgehead atoms. The second-order valence-electron chi connectivity index (χ2n) is 3.36. The van der Waals surface area contributed by atoms with Gasteiger partial charge in [-0.1, -0.05) is 6.92 Å². The van der Waals surface area contributed by atoms with Gasteiger partial charge in [-0.25, -0.2) is 0 Å². The number of likely N-dealkylation sites (N-methyl/N-ethyl adjacent to an activating group) is 1. The van der Waals surface area contributed by atoms with Gasteiger partial charge >= 0.3 is 0 Å². The minimum absolute atomic E-state index is 0.0814. The minimum atomic E-state index is 0.0814. The van der Waals surface area contributed by atoms with Crippen LogP contribution < -0.4 is 5.32 Å². The number of hydrogen-bond acceptors (Lipinski definition) is 2. The van der Waals surface area contributed by atoms with Crippen LogP contribution in [0.4, 0.5) is 0 Å². The van der Waals surface area contributed by atoms with Crippen molar-refractivity contribution in [2.24, 2.45) is 0 Å². The molecule has 0 spiro atoms. The van der Waals surface area contributed by atoms with E-state index in [1.165, 1.54) is 19.4 Å². The van der Waals surface area contributed by atoms with E-state index in [0.29, 0.717) is 6.04 Å². The molecule has 0 aliphatic carbocycles. The predicted molar refractivity (Wildman–Crippen MR) is 49.0 cm³/mol. The zero-order valence-electron chi connectivity index (χ0n) is 7.97. The van der Waals surface area contributed by atoms with Crippen molar-refractivity contribution in [2.45, 2.75) is 32.7 Å². The summed E-state index contributed by atoms with van der Waals surface area (Å²) in [6.45, 7) is 6.87. The largest absolute Gasteiger partial charge is 0.355 e. The van der Waals surface area contributed by atoms with E-state index >= 15 is 0 Å². The van der Waals surface area contributed by atoms with Crippen LogP contribution >= 0.6 is 0 Å². The Morgan fingerprint density at radius 1 is 1.67 bits per heavy atom. The molecule has 0 aromatic rings. The fraction of sp³-hybridized carbons (Fsp3) is 0.889. The van der Waals surface area contributed by atoms with Gasteiger partial charge in [0, 0.05) is 19.5 Å². The SMILES string of the molecule is CCN1CCCC1CNC(C)=O. The van der Waals surface area contributed by atoms with Crippen molar-refractivity contribution in [3.63, 3.8) is 0 Å². The number of amides is 1. The third kappa shape index (κ3) is 2.48. The number of likely N-dealkylation sites (tertiary alicyclic amines) is 1. The first-order valence-corrected chi connectivity index (χ1v) is 4.72. The number of nitrogens with one attached hydrogen (secondary N) is 1. The number of nitrogens with zero attached hydrogens (tertiary/aromatic N) is 1. The topological polar surface area (TPSA) is 32.3 Å². The summed E-state index contributed by atoms with van der Waals surface area (Å²) in [5, 5.41) is 2.87. The Labute approximate surface area is 74.1 Å². The molecule has 70 valence electrons. The molecule has 1 saturated heterocycles. The van der Waals surface area contributed by atoms with Gasteiger partial charge in [0.1, 0.15) is 0 Å². The Kier molecular flexibility index (Phi) is 3.53. The standard InChI is InChI=1S/C9H18N2O/c1-3-11-6-4-5-9(11)7-10-8(2)12/h9H,3-7H2,1-2H3,(H,10,12). The molecule has 1 rings (SSSR count). The number of carbonyl (C=O) groups is 1. The van der Waals surface area contributed by atoms with E-state index in [9.17, 15) is 4.79 Å². The average Bonchev–Trinajstić information content (AvgIpc) is 2.47. The highest BCUT2D eigenvalue weighted by Gasteiger charge is 2.22. The zero-order chi connectivity index (χ0) is 8.97. The van der Waals surface area contributed by atoms with Crippen molar-refractivity contribution >= 4 is 5.91 Å². The van der Waals surface area contributed by atoms with Crippen LogP contribution in [-0.2, 0) is 4.79 Å². The van der Waals surface area contributed by atoms with Crippen molar-refractivity contribution in [1.29, 1.82) is 0 Å². The summed E-state index contributed by atoms with van der Waals surface area (Å²) in [5.41, 5.74) is 0. The van der Waals surface area contributed by atoms with Gasteiger partial charge in [0.2, 0.25) is 5.91 Å². The molecule has 1 atom stereocenters. The molecular formula is C9H18N2O. The first-order chi connectivity index (χ1) is 5.74. The van der Waals surface area contributed by atoms with Crippen LogP contribution in [0.3, 0.4) is 0 Å². The zero-order valence-corrected chi connectivity index (χ0v) is 7.97. The normalized spacial score (nSPS) is 24.3. The van der Waals surface area contributed by atoms with Crippen LogP contribution in [0.1, 0.15) is 26.7 Å². The first-order valence-electron chi connectivity index (χ1n) is 4.72. The van der Waals surface area contributed by atoms with Crippen LogP contribution in [0.15, 0.2) is 0 Å². The monoisotopic (exact) mass is 170 g/mol. The van der Waals surface area contributed by atoms with Gasteiger partial charge in [-0.2, -0.15) is 0 Å². The maximum Gasteiger partial charge on any atom is 0.216 e. The highest BCUT2D eigenvalue weighted by Crippen LogP contribution is 2.15. The molecule has 12 heavy (non-hydrogen) atoms. The Morgan fingerprint density at radius 3 is 3.00 bits per heavy atom. The molecule has 1 amide bonds. The van der Waals surface area contributed by atoms with E-state index in [1.54, 1.807) is 6.92 Å². The van der Waals surface area contributed by atoms with Crippen LogP contribution in [-0.4, -0.2) is 36.5 Å². The Hall–Kier alpha value is -0.570. The van der Waals surface area contributed by atoms with Gasteiger partial charge in [0.05, 0.1) is 0 Å². The van der Waals surface area contributed by atoms with Crippen molar-refractivity contribution in [2.75, 3.05) is 19.6 Å². The molecule has 1 unspecified atom stereocenters. The lowest BCUT2D eigenvalue weighted by Crippen LogP contribution is -2.39. The van der Waals surface area contributed by atoms with E-state index in [0.717, 1.165) is 13.1 Å². The van der Waals surface area contributed by atoms with Crippen molar-refractivity contribution in [1.82, 2.24) is 10.2 Å². The number of hydrogen-bond donors (Lipinski definition) is 1. The maximum atomic E-state index is 10.7. The van der Waals surface area contributed by atoms with Crippen LogP contribution in [0.5, 0.6) is 0 Å². The molecule has 1 heterocycles. The van der Waals surface area contributed by atoms with Gasteiger partial charge in [-0.3, -0.25) is 9.69 Å². The highest BCUT2D eigenvalue weighted by molar-refractivity contribution is 5.72. The minimum Gasteiger partial charge on any atom is -0.355 e. The Morgan fingerprint density at radius 2 is 2.42 bits per heavy atom. The molecule has 1 aliphatic heterocycles. The fourth-order valence-corrected chi connectivity index (χ4v) is 1.80. The quantitative estimate of drug-likeness (QED) is 0.673. The lowest BCUT2D eigenvalue weighted by Gasteiger charge is -2.22. The van der Waals surface area contributed by atoms with E-state index in [-0.39, 0.29) is 5.91 Å². The van der Waals surface area contributed by atoms with Crippen molar-refractivity contribution in [3.05, 3.63) is 0 Å². The van der Waals surface area contributed by atoms with Gasteiger partial charge in [-0.15, -0.1) is 0 Å². The fourth-order valence-electron chi connectivity index (χ4n) is 1.80. The first kappa shape index (κ1) is 9.52. The highest BCUT2D eigenvalue weighted by atomic mass is 16.1. The van der Waals surface area contributed by atoms with Gasteiger partial charge in [0.25, 0.3) is 0 Å². The molecule has 1 fully saturated rings. The lowest BCUT2D eigenvalue weighted by atomic mass is 10.2. The van der Waals surface area contributed by atoms with Crippen molar-refractivity contribution in [3.8, 4) is 0 Å². The van der Waals surface area contributed by atoms with E-state index in [1.807, 2.05) is 0 Å². The van der Waals surface area contributed by atoms with Crippen LogP contribution in [0.25, 0.3) is 0 Å². The number of carbonyl (C=O) groups excluding carboxylic acids is 1. The smallest absolute Gasteiger partial charge is 0.216 e. The second kappa shape index (κ2) is 4.45. The third-order valence-corrected chi connectivity index (χ3v) is 2.49. The molecule has 3 nitrogen and oxygen atoms in total. The summed E-state index contributed by atoms with van der Waals surface area (Å²) in [6.07, 6.45) is 2.51. The molecule has 0 radical (unpaired) electrons. The van der Waals surface area contributed by atoms with Crippen LogP contribution in [0.2, 0.25) is 0 Å². The second-order valence-corrected chi connectivity index (χ2v) is 3.36. The molecule has 0 saturated carbocycles. The van der Waals surface area contributed by atoms with Gasteiger partial charge < -0.3 is 5.32 Å². The predicted octanol–water partition coefficient (Wildman–Crippen LogP) is 0.607. The number of rotatable bonds is 3. The summed E-state index contributed by atoms with van der Waals surface area (Å²) >= 11 is 0. The summed E-state index contributed by atoms with van der Waals surface area (Å²) < 4.78 is 0. The molecule has 0 aromatic carbocycles. The van der Waals surface area contributed by atoms with Gasteiger partial charge in [0.15, 0.2) is 0 Å². The summed E-state index contributed by atoms with van der Waals surface area (Å²) in [7, 11) is 0. The maximum absolute atomic E-state index is 10.7. The molecule has 0 aromatic heterocycles. The van der Waals surface area contributed by atoms with Crippen molar-refractivity contribution < 1.29 is 4.79 Å². The van der Waals surface area contributed by atoms with Crippen LogP contribution in [0, 0.1) is 0 Å².